The molecular formula is C42H44Hf. The molecule has 0 spiro atoms. The summed E-state index contributed by atoms with van der Waals surface area (Å²) >= 11 is 0. The first-order valence-electron chi connectivity index (χ1n) is 15.0. The molecular weight excluding hydrogens is 683 g/mol. The van der Waals surface area contributed by atoms with Crippen molar-refractivity contribution >= 4 is 21.5 Å². The van der Waals surface area contributed by atoms with Crippen molar-refractivity contribution in [2.75, 3.05) is 0 Å². The molecule has 0 N–H and O–H groups in total. The van der Waals surface area contributed by atoms with Crippen LogP contribution in [-0.2, 0) is 31.3 Å². The Bertz CT molecular complexity index is 1700. The third kappa shape index (κ3) is 5.44. The van der Waals surface area contributed by atoms with Gasteiger partial charge in [0, 0.05) is 0 Å². The quantitative estimate of drug-likeness (QED) is 0.125. The van der Waals surface area contributed by atoms with E-state index < -0.39 is 0 Å². The Labute approximate surface area is 278 Å². The molecule has 1 aliphatic carbocycles. The fourth-order valence-electron chi connectivity index (χ4n) is 7.84. The third-order valence-corrected chi connectivity index (χ3v) is 9.81. The van der Waals surface area contributed by atoms with Crippen molar-refractivity contribution < 1.29 is 25.8 Å². The maximum absolute atomic E-state index is 2.55. The van der Waals surface area contributed by atoms with E-state index >= 15 is 0 Å². The second-order valence-electron chi connectivity index (χ2n) is 12.3. The van der Waals surface area contributed by atoms with Crippen LogP contribution in [0.3, 0.4) is 0 Å². The molecule has 1 saturated carbocycles. The van der Waals surface area contributed by atoms with Crippen molar-refractivity contribution in [2.45, 2.75) is 65.2 Å². The van der Waals surface area contributed by atoms with Gasteiger partial charge in [0.1, 0.15) is 0 Å². The number of hydrogen-bond donors (Lipinski definition) is 0. The van der Waals surface area contributed by atoms with Gasteiger partial charge in [0.15, 0.2) is 0 Å². The van der Waals surface area contributed by atoms with Gasteiger partial charge in [-0.15, -0.1) is 69.1 Å². The summed E-state index contributed by atoms with van der Waals surface area (Å²) in [6.07, 6.45) is 6.35. The molecule has 0 amide bonds. The number of benzene rings is 4. The maximum atomic E-state index is 2.55. The molecule has 0 heterocycles. The summed E-state index contributed by atoms with van der Waals surface area (Å²) in [6, 6.07) is 37.2. The second-order valence-corrected chi connectivity index (χ2v) is 12.3. The van der Waals surface area contributed by atoms with Crippen molar-refractivity contribution in [1.82, 2.24) is 0 Å². The molecule has 0 aromatic heterocycles. The molecule has 216 valence electrons. The predicted molar refractivity (Wildman–Crippen MR) is 186 cm³/mol. The molecule has 6 aromatic carbocycles. The molecule has 1 aliphatic rings. The Morgan fingerprint density at radius 3 is 1.28 bits per heavy atom. The first-order valence-corrected chi connectivity index (χ1v) is 15.0. The molecule has 0 unspecified atom stereocenters. The van der Waals surface area contributed by atoms with Gasteiger partial charge < -0.3 is 14.9 Å². The smallest absolute Gasteiger partial charge is 0.358 e. The fraction of sp³-hybridized carbons (Fsp3) is 0.238. The molecule has 0 aliphatic heterocycles. The number of aryl methyl sites for hydroxylation is 4. The molecule has 6 aromatic rings. The molecule has 0 radical (unpaired) electrons. The summed E-state index contributed by atoms with van der Waals surface area (Å²) in [6.45, 7) is 8.99. The van der Waals surface area contributed by atoms with Gasteiger partial charge in [-0.05, 0) is 79.3 Å². The van der Waals surface area contributed by atoms with Crippen LogP contribution in [-0.4, -0.2) is 0 Å². The van der Waals surface area contributed by atoms with Crippen LogP contribution in [0.1, 0.15) is 65.5 Å². The van der Waals surface area contributed by atoms with E-state index in [1.165, 1.54) is 109 Å². The number of rotatable bonds is 4. The zero-order chi connectivity index (χ0) is 27.4. The van der Waals surface area contributed by atoms with E-state index in [0.29, 0.717) is 0 Å². The van der Waals surface area contributed by atoms with Gasteiger partial charge in [-0.3, -0.25) is 0 Å². The first-order chi connectivity index (χ1) is 19.5. The van der Waals surface area contributed by atoms with Crippen LogP contribution in [0, 0.1) is 42.5 Å². The van der Waals surface area contributed by atoms with Crippen LogP contribution >= 0.6 is 0 Å². The average molecular weight is 727 g/mol. The standard InChI is InChI=1S/C40H38.2CH3.Hf/c1-26-12-8-13-27(2)38(26)34-18-10-16-30-22-32(24-36(30)34)40(20-6-5-7-21-40)33-23-31-17-11-19-35(37(31)25-33)39-28(3)14-9-15-29(39)4;;;/h8-19,22-25H,5-7,20-21H2,1-4H3;2*1H3;/q-2;2*-1;+4. The second kappa shape index (κ2) is 12.9. The summed E-state index contributed by atoms with van der Waals surface area (Å²) in [4.78, 5) is 0. The van der Waals surface area contributed by atoms with Gasteiger partial charge in [0.05, 0.1) is 0 Å². The van der Waals surface area contributed by atoms with E-state index in [9.17, 15) is 0 Å². The van der Waals surface area contributed by atoms with Gasteiger partial charge in [-0.2, -0.15) is 12.1 Å². The molecule has 43 heavy (non-hydrogen) atoms. The van der Waals surface area contributed by atoms with Crippen LogP contribution in [0.5, 0.6) is 0 Å². The van der Waals surface area contributed by atoms with E-state index in [0.717, 1.165) is 0 Å². The minimum absolute atomic E-state index is 0. The number of fused-ring (bicyclic) bond motifs is 2. The summed E-state index contributed by atoms with van der Waals surface area (Å²) < 4.78 is 0. The van der Waals surface area contributed by atoms with E-state index in [1.807, 2.05) is 0 Å². The van der Waals surface area contributed by atoms with Gasteiger partial charge in [0.2, 0.25) is 0 Å². The Balaban J connectivity index is 0.00000141. The molecule has 0 saturated heterocycles. The van der Waals surface area contributed by atoms with E-state index in [2.05, 4.69) is 125 Å². The van der Waals surface area contributed by atoms with Crippen LogP contribution in [0.4, 0.5) is 0 Å². The molecule has 7 rings (SSSR count). The van der Waals surface area contributed by atoms with Crippen molar-refractivity contribution in [2.24, 2.45) is 0 Å². The largest absolute Gasteiger partial charge is 4.00 e. The minimum Gasteiger partial charge on any atom is -0.358 e. The molecule has 1 fully saturated rings. The molecule has 0 atom stereocenters. The van der Waals surface area contributed by atoms with Crippen molar-refractivity contribution in [3.63, 3.8) is 0 Å². The summed E-state index contributed by atoms with van der Waals surface area (Å²) in [5.41, 5.74) is 14.0. The van der Waals surface area contributed by atoms with Crippen LogP contribution < -0.4 is 0 Å². The Kier molecular flexibility index (Phi) is 9.87. The van der Waals surface area contributed by atoms with E-state index in [-0.39, 0.29) is 46.1 Å². The molecule has 0 bridgehead atoms. The van der Waals surface area contributed by atoms with E-state index in [1.54, 1.807) is 0 Å². The van der Waals surface area contributed by atoms with Crippen molar-refractivity contribution in [1.29, 1.82) is 0 Å². The average Bonchev–Trinajstić information content (AvgIpc) is 3.60. The number of hydrogen-bond acceptors (Lipinski definition) is 0. The van der Waals surface area contributed by atoms with Gasteiger partial charge in [-0.25, -0.2) is 0 Å². The third-order valence-electron chi connectivity index (χ3n) is 9.81. The van der Waals surface area contributed by atoms with Crippen molar-refractivity contribution in [3.05, 3.63) is 145 Å². The van der Waals surface area contributed by atoms with Crippen molar-refractivity contribution in [3.8, 4) is 22.3 Å². The Morgan fingerprint density at radius 1 is 0.512 bits per heavy atom. The summed E-state index contributed by atoms with van der Waals surface area (Å²) in [7, 11) is 0. The zero-order valence-electron chi connectivity index (χ0n) is 26.8. The molecule has 1 heteroatoms. The maximum Gasteiger partial charge on any atom is 4.00 e. The van der Waals surface area contributed by atoms with Crippen LogP contribution in [0.2, 0.25) is 0 Å². The summed E-state index contributed by atoms with van der Waals surface area (Å²) in [5.74, 6) is 0. The Hall–Kier alpha value is -3.03. The SMILES string of the molecule is Cc1cccc(C)c1-c1cccc2[cH-]c(C3(c4cc5c(-c6c(C)cccc6C)cccc5[cH-]4)CCCCC3)cc12.[CH3-].[CH3-].[Hf+4]. The summed E-state index contributed by atoms with van der Waals surface area (Å²) in [5, 5.41) is 5.53. The molecule has 0 nitrogen and oxygen atoms in total. The fourth-order valence-corrected chi connectivity index (χ4v) is 7.84. The monoisotopic (exact) mass is 728 g/mol. The van der Waals surface area contributed by atoms with Gasteiger partial charge in [0.25, 0.3) is 0 Å². The van der Waals surface area contributed by atoms with Gasteiger partial charge >= 0.3 is 25.8 Å². The zero-order valence-corrected chi connectivity index (χ0v) is 30.4. The van der Waals surface area contributed by atoms with Crippen LogP contribution in [0.15, 0.2) is 97.1 Å². The van der Waals surface area contributed by atoms with Gasteiger partial charge in [-0.1, -0.05) is 78.9 Å². The minimum atomic E-state index is 0. The predicted octanol–water partition coefficient (Wildman–Crippen LogP) is 12.1. The normalized spacial score (nSPS) is 14.1. The Morgan fingerprint density at radius 2 is 0.884 bits per heavy atom. The van der Waals surface area contributed by atoms with E-state index in [4.69, 9.17) is 0 Å². The topological polar surface area (TPSA) is 0 Å². The first kappa shape index (κ1) is 32.9. The van der Waals surface area contributed by atoms with Crippen LogP contribution in [0.25, 0.3) is 43.8 Å².